The number of rotatable bonds is 0. The van der Waals surface area contributed by atoms with Crippen molar-refractivity contribution >= 4 is 39.9 Å². The van der Waals surface area contributed by atoms with Crippen LogP contribution < -0.4 is 0 Å². The van der Waals surface area contributed by atoms with Crippen molar-refractivity contribution < 1.29 is 5.11 Å². The van der Waals surface area contributed by atoms with Crippen LogP contribution in [0.3, 0.4) is 0 Å². The summed E-state index contributed by atoms with van der Waals surface area (Å²) in [5.41, 5.74) is 1.33. The SMILES string of the molecule is C/C=C1/C(Cl)=CC(I)=C(O)C1=NC. The fourth-order valence-electron chi connectivity index (χ4n) is 1.11. The summed E-state index contributed by atoms with van der Waals surface area (Å²) in [5, 5.41) is 10.3. The molecule has 70 valence electrons. The van der Waals surface area contributed by atoms with Gasteiger partial charge >= 0.3 is 0 Å². The Bertz CT molecular complexity index is 349. The van der Waals surface area contributed by atoms with Crippen molar-refractivity contribution in [3.05, 3.63) is 32.1 Å². The summed E-state index contributed by atoms with van der Waals surface area (Å²) in [6.07, 6.45) is 3.56. The zero-order valence-electron chi connectivity index (χ0n) is 7.31. The summed E-state index contributed by atoms with van der Waals surface area (Å²) >= 11 is 8.00. The molecule has 0 aromatic carbocycles. The van der Waals surface area contributed by atoms with E-state index in [0.29, 0.717) is 14.3 Å². The van der Waals surface area contributed by atoms with E-state index in [1.807, 2.05) is 35.6 Å². The molecule has 0 amide bonds. The van der Waals surface area contributed by atoms with Gasteiger partial charge in [0.2, 0.25) is 0 Å². The molecule has 1 rings (SSSR count). The van der Waals surface area contributed by atoms with E-state index in [4.69, 9.17) is 11.6 Å². The lowest BCUT2D eigenvalue weighted by molar-refractivity contribution is 0.442. The minimum atomic E-state index is 0.195. The topological polar surface area (TPSA) is 32.6 Å². The van der Waals surface area contributed by atoms with E-state index in [-0.39, 0.29) is 5.76 Å². The molecule has 0 aromatic heterocycles. The van der Waals surface area contributed by atoms with Crippen LogP contribution in [0.5, 0.6) is 0 Å². The summed E-state index contributed by atoms with van der Waals surface area (Å²) in [7, 11) is 1.63. The molecule has 0 aliphatic heterocycles. The van der Waals surface area contributed by atoms with E-state index < -0.39 is 0 Å². The van der Waals surface area contributed by atoms with Crippen LogP contribution in [-0.4, -0.2) is 17.9 Å². The fourth-order valence-corrected chi connectivity index (χ4v) is 2.17. The summed E-state index contributed by atoms with van der Waals surface area (Å²) in [6, 6.07) is 0. The zero-order valence-corrected chi connectivity index (χ0v) is 10.2. The standard InChI is InChI=1S/C9H9ClINO/c1-3-5-6(10)4-7(11)9(13)8(5)12-2/h3-4,13H,1-2H3/b5-3-,12-8?. The smallest absolute Gasteiger partial charge is 0.154 e. The Morgan fingerprint density at radius 1 is 1.62 bits per heavy atom. The predicted molar refractivity (Wildman–Crippen MR) is 64.7 cm³/mol. The summed E-state index contributed by atoms with van der Waals surface area (Å²) in [4.78, 5) is 3.99. The Balaban J connectivity index is 3.33. The molecular formula is C9H9ClINO. The van der Waals surface area contributed by atoms with Gasteiger partial charge in [0.25, 0.3) is 0 Å². The predicted octanol–water partition coefficient (Wildman–Crippen LogP) is 3.34. The number of hydrogen-bond acceptors (Lipinski definition) is 2. The third kappa shape index (κ3) is 1.96. The first-order valence-corrected chi connectivity index (χ1v) is 5.17. The van der Waals surface area contributed by atoms with Gasteiger partial charge in [0.1, 0.15) is 5.71 Å². The summed E-state index contributed by atoms with van der Waals surface area (Å²) in [6.45, 7) is 1.86. The molecule has 0 unspecified atom stereocenters. The van der Waals surface area contributed by atoms with Crippen molar-refractivity contribution in [2.24, 2.45) is 4.99 Å². The molecule has 0 bridgehead atoms. The van der Waals surface area contributed by atoms with Crippen LogP contribution in [0.2, 0.25) is 0 Å². The molecule has 0 fully saturated rings. The van der Waals surface area contributed by atoms with Crippen LogP contribution in [0, 0.1) is 0 Å². The van der Waals surface area contributed by atoms with E-state index in [9.17, 15) is 5.11 Å². The number of nitrogens with zero attached hydrogens (tertiary/aromatic N) is 1. The van der Waals surface area contributed by atoms with Crippen LogP contribution in [0.25, 0.3) is 0 Å². The highest BCUT2D eigenvalue weighted by Gasteiger charge is 2.20. The maximum atomic E-state index is 9.65. The second-order valence-corrected chi connectivity index (χ2v) is 4.03. The lowest BCUT2D eigenvalue weighted by Crippen LogP contribution is -2.11. The highest BCUT2D eigenvalue weighted by atomic mass is 127. The Morgan fingerprint density at radius 3 is 2.69 bits per heavy atom. The second kappa shape index (κ2) is 4.28. The minimum Gasteiger partial charge on any atom is -0.505 e. The van der Waals surface area contributed by atoms with E-state index in [1.165, 1.54) is 0 Å². The van der Waals surface area contributed by atoms with Gasteiger partial charge in [-0.2, -0.15) is 0 Å². The van der Waals surface area contributed by atoms with Gasteiger partial charge in [-0.15, -0.1) is 0 Å². The van der Waals surface area contributed by atoms with Crippen LogP contribution in [0.15, 0.2) is 37.1 Å². The van der Waals surface area contributed by atoms with Crippen LogP contribution in [-0.2, 0) is 0 Å². The van der Waals surface area contributed by atoms with Crippen molar-refractivity contribution in [2.75, 3.05) is 7.05 Å². The first-order valence-electron chi connectivity index (χ1n) is 3.72. The maximum absolute atomic E-state index is 9.65. The van der Waals surface area contributed by atoms with Gasteiger partial charge in [-0.25, -0.2) is 0 Å². The van der Waals surface area contributed by atoms with Crippen molar-refractivity contribution in [1.29, 1.82) is 0 Å². The first kappa shape index (κ1) is 10.8. The number of aliphatic imine (C=N–C) groups is 1. The molecule has 0 atom stereocenters. The van der Waals surface area contributed by atoms with Gasteiger partial charge in [0.15, 0.2) is 5.76 Å². The molecule has 13 heavy (non-hydrogen) atoms. The third-order valence-corrected chi connectivity index (χ3v) is 2.86. The molecule has 0 spiro atoms. The molecule has 0 radical (unpaired) electrons. The molecular weight excluding hydrogens is 300 g/mol. The first-order chi connectivity index (χ1) is 6.11. The van der Waals surface area contributed by atoms with E-state index in [2.05, 4.69) is 4.99 Å². The highest BCUT2D eigenvalue weighted by Crippen LogP contribution is 2.30. The Morgan fingerprint density at radius 2 is 2.23 bits per heavy atom. The summed E-state index contributed by atoms with van der Waals surface area (Å²) < 4.78 is 0.716. The van der Waals surface area contributed by atoms with Gasteiger partial charge < -0.3 is 5.11 Å². The van der Waals surface area contributed by atoms with Gasteiger partial charge in [-0.1, -0.05) is 17.7 Å². The van der Waals surface area contributed by atoms with E-state index in [1.54, 1.807) is 13.1 Å². The molecule has 1 aliphatic carbocycles. The zero-order chi connectivity index (χ0) is 10.0. The quantitative estimate of drug-likeness (QED) is 0.684. The maximum Gasteiger partial charge on any atom is 0.154 e. The Kier molecular flexibility index (Phi) is 3.55. The van der Waals surface area contributed by atoms with Gasteiger partial charge in [0, 0.05) is 12.6 Å². The molecule has 4 heteroatoms. The molecule has 0 saturated heterocycles. The lowest BCUT2D eigenvalue weighted by Gasteiger charge is -2.14. The minimum absolute atomic E-state index is 0.195. The van der Waals surface area contributed by atoms with Crippen LogP contribution in [0.1, 0.15) is 6.92 Å². The van der Waals surface area contributed by atoms with Crippen LogP contribution in [0.4, 0.5) is 0 Å². The van der Waals surface area contributed by atoms with Crippen molar-refractivity contribution in [3.8, 4) is 0 Å². The fraction of sp³-hybridized carbons (Fsp3) is 0.222. The largest absolute Gasteiger partial charge is 0.505 e. The third-order valence-electron chi connectivity index (χ3n) is 1.73. The Labute approximate surface area is 95.8 Å². The number of allylic oxidation sites excluding steroid dienone is 5. The molecule has 0 saturated carbocycles. The molecule has 0 heterocycles. The lowest BCUT2D eigenvalue weighted by atomic mass is 10.0. The average Bonchev–Trinajstić information content (AvgIpc) is 2.10. The van der Waals surface area contributed by atoms with Gasteiger partial charge in [-0.3, -0.25) is 4.99 Å². The molecule has 1 N–H and O–H groups in total. The second-order valence-electron chi connectivity index (χ2n) is 2.46. The normalized spacial score (nSPS) is 24.2. The molecule has 2 nitrogen and oxygen atoms in total. The van der Waals surface area contributed by atoms with Crippen molar-refractivity contribution in [2.45, 2.75) is 6.92 Å². The monoisotopic (exact) mass is 309 g/mol. The number of hydrogen-bond donors (Lipinski definition) is 1. The number of halogens is 2. The van der Waals surface area contributed by atoms with E-state index in [0.717, 1.165) is 5.57 Å². The number of aliphatic hydroxyl groups excluding tert-OH is 1. The van der Waals surface area contributed by atoms with E-state index >= 15 is 0 Å². The highest BCUT2D eigenvalue weighted by molar-refractivity contribution is 14.1. The summed E-state index contributed by atoms with van der Waals surface area (Å²) in [5.74, 6) is 0.195. The van der Waals surface area contributed by atoms with Crippen LogP contribution >= 0.6 is 34.2 Å². The van der Waals surface area contributed by atoms with Gasteiger partial charge in [-0.05, 0) is 35.6 Å². The number of aliphatic hydroxyl groups is 1. The van der Waals surface area contributed by atoms with Crippen molar-refractivity contribution in [3.63, 3.8) is 0 Å². The van der Waals surface area contributed by atoms with Gasteiger partial charge in [0.05, 0.1) is 8.61 Å². The molecule has 0 aromatic rings. The Hall–Kier alpha value is -0.290. The molecule has 1 aliphatic rings. The average molecular weight is 310 g/mol. The van der Waals surface area contributed by atoms with Crippen molar-refractivity contribution in [1.82, 2.24) is 0 Å².